The highest BCUT2D eigenvalue weighted by molar-refractivity contribution is 5.85. The zero-order valence-corrected chi connectivity index (χ0v) is 14.9. The molecule has 1 aromatic rings. The molecule has 130 valence electrons. The van der Waals surface area contributed by atoms with E-state index in [1.54, 1.807) is 12.1 Å². The van der Waals surface area contributed by atoms with Gasteiger partial charge in [-0.15, -0.1) is 12.4 Å². The first-order chi connectivity index (χ1) is 10.6. The van der Waals surface area contributed by atoms with E-state index >= 15 is 0 Å². The monoisotopic (exact) mass is 342 g/mol. The lowest BCUT2D eigenvalue weighted by Crippen LogP contribution is -2.44. The van der Waals surface area contributed by atoms with E-state index in [0.717, 1.165) is 32.5 Å². The summed E-state index contributed by atoms with van der Waals surface area (Å²) in [5.74, 6) is -0.0220. The van der Waals surface area contributed by atoms with Crippen LogP contribution in [0.15, 0.2) is 24.3 Å². The molecule has 0 bridgehead atoms. The van der Waals surface area contributed by atoms with Gasteiger partial charge in [0.2, 0.25) is 5.91 Å². The summed E-state index contributed by atoms with van der Waals surface area (Å²) in [6.07, 6.45) is 3.32. The molecule has 2 rings (SSSR count). The predicted octanol–water partition coefficient (Wildman–Crippen LogP) is 3.42. The van der Waals surface area contributed by atoms with Crippen molar-refractivity contribution in [1.29, 1.82) is 0 Å². The van der Waals surface area contributed by atoms with Crippen LogP contribution in [-0.4, -0.2) is 36.5 Å². The molecule has 0 radical (unpaired) electrons. The molecular weight excluding hydrogens is 315 g/mol. The molecule has 23 heavy (non-hydrogen) atoms. The Morgan fingerprint density at radius 1 is 1.43 bits per heavy atom. The van der Waals surface area contributed by atoms with Crippen molar-refractivity contribution in [2.75, 3.05) is 19.6 Å². The normalized spacial score (nSPS) is 18.3. The molecule has 1 aliphatic rings. The van der Waals surface area contributed by atoms with Gasteiger partial charge in [-0.2, -0.15) is 0 Å². The number of carbonyl (C=O) groups is 1. The van der Waals surface area contributed by atoms with Crippen LogP contribution in [-0.2, 0) is 11.2 Å². The minimum Gasteiger partial charge on any atom is -0.338 e. The van der Waals surface area contributed by atoms with E-state index in [1.807, 2.05) is 17.9 Å². The molecule has 1 heterocycles. The zero-order chi connectivity index (χ0) is 15.9. The largest absolute Gasteiger partial charge is 0.338 e. The van der Waals surface area contributed by atoms with E-state index in [0.29, 0.717) is 24.4 Å². The van der Waals surface area contributed by atoms with E-state index in [9.17, 15) is 9.18 Å². The number of carbonyl (C=O) groups excluding carboxylic acids is 1. The Morgan fingerprint density at radius 2 is 2.17 bits per heavy atom. The lowest BCUT2D eigenvalue weighted by molar-refractivity contribution is -0.137. The molecule has 1 aromatic carbocycles. The van der Waals surface area contributed by atoms with Crippen molar-refractivity contribution >= 4 is 18.3 Å². The van der Waals surface area contributed by atoms with E-state index < -0.39 is 0 Å². The molecule has 1 N–H and O–H groups in total. The minimum absolute atomic E-state index is 0. The zero-order valence-electron chi connectivity index (χ0n) is 14.1. The molecule has 2 atom stereocenters. The number of amides is 1. The Balaban J connectivity index is 0.00000264. The van der Waals surface area contributed by atoms with Crippen LogP contribution in [0.25, 0.3) is 0 Å². The van der Waals surface area contributed by atoms with Crippen LogP contribution in [0.3, 0.4) is 0 Å². The fourth-order valence-corrected chi connectivity index (χ4v) is 3.10. The standard InChI is InChI=1S/C18H27FN2O.ClH/c1-3-12-21(16-10-11-20-13-16)18(22)14(2)8-9-15-6-4-5-7-17(15)19;/h4-7,14,16,20H,3,8-13H2,1-2H3;1H. The van der Waals surface area contributed by atoms with Crippen molar-refractivity contribution in [3.8, 4) is 0 Å². The second-order valence-electron chi connectivity index (χ2n) is 6.21. The number of nitrogens with one attached hydrogen (secondary N) is 1. The van der Waals surface area contributed by atoms with Gasteiger partial charge in [0.25, 0.3) is 0 Å². The molecule has 1 saturated heterocycles. The van der Waals surface area contributed by atoms with E-state index in [4.69, 9.17) is 0 Å². The van der Waals surface area contributed by atoms with Crippen molar-refractivity contribution in [3.63, 3.8) is 0 Å². The van der Waals surface area contributed by atoms with Crippen LogP contribution >= 0.6 is 12.4 Å². The maximum Gasteiger partial charge on any atom is 0.225 e. The second kappa shape index (κ2) is 9.89. The molecule has 0 aromatic heterocycles. The summed E-state index contributed by atoms with van der Waals surface area (Å²) in [4.78, 5) is 14.8. The molecule has 2 unspecified atom stereocenters. The summed E-state index contributed by atoms with van der Waals surface area (Å²) < 4.78 is 13.7. The third kappa shape index (κ3) is 5.47. The van der Waals surface area contributed by atoms with E-state index in [2.05, 4.69) is 12.2 Å². The van der Waals surface area contributed by atoms with Gasteiger partial charge in [-0.05, 0) is 43.9 Å². The molecule has 1 fully saturated rings. The molecule has 1 aliphatic heterocycles. The molecule has 1 amide bonds. The first-order valence-corrected chi connectivity index (χ1v) is 8.38. The average Bonchev–Trinajstić information content (AvgIpc) is 3.05. The fourth-order valence-electron chi connectivity index (χ4n) is 3.10. The Hall–Kier alpha value is -1.13. The summed E-state index contributed by atoms with van der Waals surface area (Å²) in [6.45, 7) is 6.77. The van der Waals surface area contributed by atoms with Crippen molar-refractivity contribution in [1.82, 2.24) is 10.2 Å². The predicted molar refractivity (Wildman–Crippen MR) is 94.4 cm³/mol. The van der Waals surface area contributed by atoms with E-state index in [1.165, 1.54) is 6.07 Å². The smallest absolute Gasteiger partial charge is 0.225 e. The number of hydrogen-bond acceptors (Lipinski definition) is 2. The molecule has 0 saturated carbocycles. The van der Waals surface area contributed by atoms with Crippen molar-refractivity contribution in [3.05, 3.63) is 35.6 Å². The summed E-state index contributed by atoms with van der Waals surface area (Å²) in [5, 5.41) is 3.33. The van der Waals surface area contributed by atoms with Crippen LogP contribution in [0.2, 0.25) is 0 Å². The second-order valence-corrected chi connectivity index (χ2v) is 6.21. The van der Waals surface area contributed by atoms with Gasteiger partial charge < -0.3 is 10.2 Å². The van der Waals surface area contributed by atoms with Crippen molar-refractivity contribution in [2.24, 2.45) is 5.92 Å². The summed E-state index contributed by atoms with van der Waals surface area (Å²) >= 11 is 0. The number of hydrogen-bond donors (Lipinski definition) is 1. The summed E-state index contributed by atoms with van der Waals surface area (Å²) in [6, 6.07) is 7.15. The van der Waals surface area contributed by atoms with Gasteiger partial charge in [0.05, 0.1) is 0 Å². The van der Waals surface area contributed by atoms with Crippen LogP contribution in [0, 0.1) is 11.7 Å². The maximum atomic E-state index is 13.7. The number of halogens is 2. The van der Waals surface area contributed by atoms with Gasteiger partial charge in [-0.3, -0.25) is 4.79 Å². The maximum absolute atomic E-state index is 13.7. The highest BCUT2D eigenvalue weighted by Gasteiger charge is 2.28. The Bertz CT molecular complexity index is 492. The van der Waals surface area contributed by atoms with Crippen molar-refractivity contribution in [2.45, 2.75) is 45.6 Å². The van der Waals surface area contributed by atoms with Gasteiger partial charge in [0, 0.05) is 25.0 Å². The number of aryl methyl sites for hydroxylation is 1. The van der Waals surface area contributed by atoms with Gasteiger partial charge in [-0.25, -0.2) is 4.39 Å². The minimum atomic E-state index is -0.174. The third-order valence-electron chi connectivity index (χ3n) is 4.45. The quantitative estimate of drug-likeness (QED) is 0.823. The van der Waals surface area contributed by atoms with Gasteiger partial charge >= 0.3 is 0 Å². The number of benzene rings is 1. The van der Waals surface area contributed by atoms with Crippen LogP contribution in [0.5, 0.6) is 0 Å². The van der Waals surface area contributed by atoms with Crippen molar-refractivity contribution < 1.29 is 9.18 Å². The molecule has 5 heteroatoms. The topological polar surface area (TPSA) is 32.3 Å². The van der Waals surface area contributed by atoms with Crippen LogP contribution in [0.1, 0.15) is 38.7 Å². The Morgan fingerprint density at radius 3 is 2.78 bits per heavy atom. The fraction of sp³-hybridized carbons (Fsp3) is 0.611. The highest BCUT2D eigenvalue weighted by atomic mass is 35.5. The van der Waals surface area contributed by atoms with E-state index in [-0.39, 0.29) is 30.0 Å². The first kappa shape index (κ1) is 19.9. The van der Waals surface area contributed by atoms with Gasteiger partial charge in [0.15, 0.2) is 0 Å². The van der Waals surface area contributed by atoms with Crippen LogP contribution < -0.4 is 5.32 Å². The Kier molecular flexibility index (Phi) is 8.56. The first-order valence-electron chi connectivity index (χ1n) is 8.38. The molecule has 0 spiro atoms. The SMILES string of the molecule is CCCN(C(=O)C(C)CCc1ccccc1F)C1CCNC1.Cl. The lowest BCUT2D eigenvalue weighted by Gasteiger charge is -2.31. The highest BCUT2D eigenvalue weighted by Crippen LogP contribution is 2.18. The number of nitrogens with zero attached hydrogens (tertiary/aromatic N) is 1. The van der Waals surface area contributed by atoms with Crippen LogP contribution in [0.4, 0.5) is 4.39 Å². The molecule has 0 aliphatic carbocycles. The molecule has 3 nitrogen and oxygen atoms in total. The van der Waals surface area contributed by atoms with Gasteiger partial charge in [-0.1, -0.05) is 32.0 Å². The average molecular weight is 343 g/mol. The Labute approximate surface area is 145 Å². The lowest BCUT2D eigenvalue weighted by atomic mass is 9.98. The summed E-state index contributed by atoms with van der Waals surface area (Å²) in [7, 11) is 0. The molecular formula is C18H28ClFN2O. The number of rotatable bonds is 7. The third-order valence-corrected chi connectivity index (χ3v) is 4.45. The van der Waals surface area contributed by atoms with Gasteiger partial charge in [0.1, 0.15) is 5.82 Å². The summed E-state index contributed by atoms with van der Waals surface area (Å²) in [5.41, 5.74) is 0.701.